The van der Waals surface area contributed by atoms with Crippen LogP contribution in [0.25, 0.3) is 11.0 Å². The Morgan fingerprint density at radius 2 is 2.07 bits per heavy atom. The van der Waals surface area contributed by atoms with Gasteiger partial charge in [-0.15, -0.1) is 6.42 Å². The van der Waals surface area contributed by atoms with Crippen molar-refractivity contribution in [2.24, 2.45) is 0 Å². The Morgan fingerprint density at radius 3 is 2.71 bits per heavy atom. The molecule has 0 radical (unpaired) electrons. The van der Waals surface area contributed by atoms with Crippen LogP contribution in [-0.4, -0.2) is 20.4 Å². The van der Waals surface area contributed by atoms with E-state index < -0.39 is 17.2 Å². The summed E-state index contributed by atoms with van der Waals surface area (Å²) in [7, 11) is 0. The van der Waals surface area contributed by atoms with Gasteiger partial charge in [-0.2, -0.15) is 0 Å². The van der Waals surface area contributed by atoms with Crippen LogP contribution in [0, 0.1) is 12.3 Å². The van der Waals surface area contributed by atoms with Crippen LogP contribution in [0.2, 0.25) is 0 Å². The van der Waals surface area contributed by atoms with Crippen LogP contribution in [0.3, 0.4) is 0 Å². The molecule has 0 saturated carbocycles. The van der Waals surface area contributed by atoms with Crippen LogP contribution < -0.4 is 16.6 Å². The van der Waals surface area contributed by atoms with E-state index in [1.807, 2.05) is 13.8 Å². The Hall–Kier alpha value is -3.66. The van der Waals surface area contributed by atoms with Crippen LogP contribution in [-0.2, 0) is 6.54 Å². The fraction of sp³-hybridized carbons (Fsp3) is 0.238. The molecule has 3 rings (SSSR count). The molecule has 2 heterocycles. The fourth-order valence-corrected chi connectivity index (χ4v) is 2.95. The quantitative estimate of drug-likeness (QED) is 0.684. The highest BCUT2D eigenvalue weighted by Gasteiger charge is 2.20. The Kier molecular flexibility index (Phi) is 5.14. The first-order chi connectivity index (χ1) is 13.3. The number of nitrogens with one attached hydrogen (secondary N) is 2. The summed E-state index contributed by atoms with van der Waals surface area (Å²) in [5.74, 6) is 2.03. The molecule has 142 valence electrons. The normalized spacial score (nSPS) is 10.8. The molecule has 0 aliphatic rings. The van der Waals surface area contributed by atoms with Gasteiger partial charge in [0.25, 0.3) is 11.5 Å². The van der Waals surface area contributed by atoms with Crippen molar-refractivity contribution in [1.29, 1.82) is 0 Å². The highest BCUT2D eigenvalue weighted by atomic mass is 16.2. The molecule has 0 saturated heterocycles. The molecular formula is C21H20N4O3. The topological polar surface area (TPSA) is 96.8 Å². The molecule has 0 aliphatic carbocycles. The second kappa shape index (κ2) is 7.53. The van der Waals surface area contributed by atoms with Crippen molar-refractivity contribution in [3.63, 3.8) is 0 Å². The average molecular weight is 376 g/mol. The summed E-state index contributed by atoms with van der Waals surface area (Å²) in [4.78, 5) is 44.4. The predicted molar refractivity (Wildman–Crippen MR) is 109 cm³/mol. The van der Waals surface area contributed by atoms with Gasteiger partial charge in [-0.3, -0.25) is 19.1 Å². The molecule has 0 atom stereocenters. The lowest BCUT2D eigenvalue weighted by Gasteiger charge is -2.14. The number of aryl methyl sites for hydroxylation is 1. The fourth-order valence-electron chi connectivity index (χ4n) is 2.95. The molecule has 2 aromatic heterocycles. The van der Waals surface area contributed by atoms with Gasteiger partial charge in [0.1, 0.15) is 0 Å². The smallest absolute Gasteiger partial charge is 0.322 e. The van der Waals surface area contributed by atoms with Crippen molar-refractivity contribution in [3.05, 3.63) is 68.0 Å². The third-order valence-electron chi connectivity index (χ3n) is 4.41. The van der Waals surface area contributed by atoms with E-state index in [-0.39, 0.29) is 22.5 Å². The Labute approximate surface area is 161 Å². The first-order valence-electron chi connectivity index (χ1n) is 8.91. The minimum absolute atomic E-state index is 0.000383. The molecule has 0 aliphatic heterocycles. The van der Waals surface area contributed by atoms with Gasteiger partial charge in [0, 0.05) is 23.5 Å². The lowest BCUT2D eigenvalue weighted by Crippen LogP contribution is -2.32. The summed E-state index contributed by atoms with van der Waals surface area (Å²) in [6.45, 7) is 5.93. The Bertz CT molecular complexity index is 1230. The second-order valence-corrected chi connectivity index (χ2v) is 6.63. The molecule has 7 nitrogen and oxygen atoms in total. The summed E-state index contributed by atoms with van der Waals surface area (Å²) < 4.78 is 1.35. The third kappa shape index (κ3) is 3.45. The van der Waals surface area contributed by atoms with Gasteiger partial charge >= 0.3 is 5.69 Å². The van der Waals surface area contributed by atoms with E-state index in [1.165, 1.54) is 4.57 Å². The van der Waals surface area contributed by atoms with E-state index in [9.17, 15) is 14.4 Å². The maximum atomic E-state index is 13.0. The van der Waals surface area contributed by atoms with Gasteiger partial charge in [-0.05, 0) is 37.1 Å². The summed E-state index contributed by atoms with van der Waals surface area (Å²) in [6, 6.07) is 8.44. The first kappa shape index (κ1) is 19.1. The number of H-pyrrole nitrogens is 1. The number of benzene rings is 1. The van der Waals surface area contributed by atoms with Crippen LogP contribution in [0.15, 0.2) is 39.9 Å². The summed E-state index contributed by atoms with van der Waals surface area (Å²) in [6.07, 6.45) is 5.41. The van der Waals surface area contributed by atoms with Crippen LogP contribution in [0.5, 0.6) is 0 Å². The number of amides is 1. The minimum Gasteiger partial charge on any atom is -0.322 e. The van der Waals surface area contributed by atoms with Gasteiger partial charge in [-0.25, -0.2) is 9.78 Å². The van der Waals surface area contributed by atoms with E-state index in [2.05, 4.69) is 21.2 Å². The number of rotatable bonds is 4. The number of aromatic amines is 1. The van der Waals surface area contributed by atoms with E-state index in [0.717, 1.165) is 0 Å². The van der Waals surface area contributed by atoms with Gasteiger partial charge in [-0.1, -0.05) is 25.8 Å². The van der Waals surface area contributed by atoms with Crippen molar-refractivity contribution in [1.82, 2.24) is 14.5 Å². The molecule has 2 N–H and O–H groups in total. The number of carbonyl (C=O) groups excluding carboxylic acids is 1. The zero-order valence-corrected chi connectivity index (χ0v) is 15.9. The van der Waals surface area contributed by atoms with Crippen molar-refractivity contribution in [3.8, 4) is 12.3 Å². The van der Waals surface area contributed by atoms with E-state index in [1.54, 1.807) is 37.3 Å². The van der Waals surface area contributed by atoms with Crippen molar-refractivity contribution >= 4 is 22.6 Å². The van der Waals surface area contributed by atoms with E-state index in [0.29, 0.717) is 23.5 Å². The monoisotopic (exact) mass is 376 g/mol. The number of aromatic nitrogens is 3. The molecule has 0 unspecified atom stereocenters. The molecule has 0 spiro atoms. The zero-order chi connectivity index (χ0) is 20.4. The number of hydrogen-bond acceptors (Lipinski definition) is 4. The average Bonchev–Trinajstić information content (AvgIpc) is 2.67. The lowest BCUT2D eigenvalue weighted by atomic mass is 10.0. The molecule has 0 fully saturated rings. The molecule has 3 aromatic rings. The Morgan fingerprint density at radius 1 is 1.32 bits per heavy atom. The maximum absolute atomic E-state index is 13.0. The second-order valence-electron chi connectivity index (χ2n) is 6.63. The molecule has 1 amide bonds. The van der Waals surface area contributed by atoms with Crippen LogP contribution >= 0.6 is 0 Å². The number of terminal acetylenes is 1. The summed E-state index contributed by atoms with van der Waals surface area (Å²) >= 11 is 0. The summed E-state index contributed by atoms with van der Waals surface area (Å²) in [5.41, 5.74) is 0.904. The van der Waals surface area contributed by atoms with Crippen molar-refractivity contribution in [2.75, 3.05) is 5.32 Å². The van der Waals surface area contributed by atoms with Crippen molar-refractivity contribution < 1.29 is 4.79 Å². The molecule has 28 heavy (non-hydrogen) atoms. The van der Waals surface area contributed by atoms with Gasteiger partial charge < -0.3 is 5.32 Å². The summed E-state index contributed by atoms with van der Waals surface area (Å²) in [5, 5.41) is 2.85. The number of fused-ring (bicyclic) bond motifs is 1. The molecule has 1 aromatic carbocycles. The van der Waals surface area contributed by atoms with E-state index >= 15 is 0 Å². The molecular weight excluding hydrogens is 356 g/mol. The van der Waals surface area contributed by atoms with E-state index in [4.69, 9.17) is 6.42 Å². The van der Waals surface area contributed by atoms with Crippen molar-refractivity contribution in [2.45, 2.75) is 33.2 Å². The number of hydrogen-bond donors (Lipinski definition) is 2. The zero-order valence-electron chi connectivity index (χ0n) is 15.9. The number of anilines is 1. The van der Waals surface area contributed by atoms with Crippen LogP contribution in [0.1, 0.15) is 48.3 Å². The highest BCUT2D eigenvalue weighted by molar-refractivity contribution is 6.11. The third-order valence-corrected chi connectivity index (χ3v) is 4.41. The SMILES string of the molecule is C#Cc1cccc(NC(=O)c2cc(C(C)C)nc3c2c(=O)[nH]c(=O)n3CC)c1. The predicted octanol–water partition coefficient (Wildman–Crippen LogP) is 2.46. The standard InChI is InChI=1S/C21H20N4O3/c1-5-13-8-7-9-14(10-13)22-19(26)15-11-16(12(3)4)23-18-17(15)20(27)24-21(28)25(18)6-2/h1,7-12H,6H2,2-4H3,(H,22,26)(H,24,27,28). The largest absolute Gasteiger partial charge is 0.329 e. The molecule has 0 bridgehead atoms. The number of carbonyl (C=O) groups is 1. The Balaban J connectivity index is 2.24. The maximum Gasteiger partial charge on any atom is 0.329 e. The molecule has 7 heteroatoms. The van der Waals surface area contributed by atoms with Gasteiger partial charge in [0.15, 0.2) is 5.65 Å². The van der Waals surface area contributed by atoms with Gasteiger partial charge in [0.05, 0.1) is 10.9 Å². The first-order valence-corrected chi connectivity index (χ1v) is 8.91. The van der Waals surface area contributed by atoms with Gasteiger partial charge in [0.2, 0.25) is 0 Å². The number of nitrogens with zero attached hydrogens (tertiary/aromatic N) is 2. The highest BCUT2D eigenvalue weighted by Crippen LogP contribution is 2.21. The lowest BCUT2D eigenvalue weighted by molar-refractivity contribution is 0.102. The number of pyridine rings is 1. The van der Waals surface area contributed by atoms with Crippen LogP contribution in [0.4, 0.5) is 5.69 Å². The minimum atomic E-state index is -0.643.